The number of ether oxygens (including phenoxy) is 1. The lowest BCUT2D eigenvalue weighted by molar-refractivity contribution is 0.157. The fraction of sp³-hybridized carbons (Fsp3) is 0.500. The molecule has 1 atom stereocenters. The third-order valence-electron chi connectivity index (χ3n) is 1.87. The fourth-order valence-corrected chi connectivity index (χ4v) is 2.30. The van der Waals surface area contributed by atoms with E-state index in [1.54, 1.807) is 18.9 Å². The van der Waals surface area contributed by atoms with Gasteiger partial charge in [0.1, 0.15) is 0 Å². The highest BCUT2D eigenvalue weighted by atomic mass is 32.2. The van der Waals surface area contributed by atoms with Gasteiger partial charge in [0.2, 0.25) is 0 Å². The molecule has 2 aliphatic rings. The molecule has 1 N–H and O–H groups in total. The largest absolute Gasteiger partial charge is 0.354 e. The molecule has 3 heteroatoms. The van der Waals surface area contributed by atoms with Gasteiger partial charge >= 0.3 is 0 Å². The molecule has 0 saturated carbocycles. The standard InChI is InChI=1S/C8H11NOS/c1-10-8-9-6-4-2-3-5-7(6)11-8/h3,5,8-9H,2,4H2,1H3. The molecule has 1 heterocycles. The molecule has 1 aliphatic carbocycles. The lowest BCUT2D eigenvalue weighted by Crippen LogP contribution is -2.21. The molecule has 1 aliphatic heterocycles. The van der Waals surface area contributed by atoms with Crippen LogP contribution in [-0.4, -0.2) is 12.7 Å². The maximum absolute atomic E-state index is 5.18. The average molecular weight is 169 g/mol. The van der Waals surface area contributed by atoms with Crippen LogP contribution in [0.2, 0.25) is 0 Å². The van der Waals surface area contributed by atoms with Gasteiger partial charge in [-0.3, -0.25) is 0 Å². The van der Waals surface area contributed by atoms with Crippen LogP contribution in [0.3, 0.4) is 0 Å². The zero-order valence-electron chi connectivity index (χ0n) is 6.46. The van der Waals surface area contributed by atoms with Crippen LogP contribution in [0.1, 0.15) is 12.8 Å². The lowest BCUT2D eigenvalue weighted by atomic mass is 10.1. The summed E-state index contributed by atoms with van der Waals surface area (Å²) in [7, 11) is 1.73. The van der Waals surface area contributed by atoms with Gasteiger partial charge in [-0.25, -0.2) is 0 Å². The zero-order chi connectivity index (χ0) is 7.68. The van der Waals surface area contributed by atoms with Crippen LogP contribution >= 0.6 is 11.8 Å². The molecule has 0 fully saturated rings. The van der Waals surface area contributed by atoms with Crippen molar-refractivity contribution in [1.82, 2.24) is 5.32 Å². The Labute approximate surface area is 70.7 Å². The molecule has 0 saturated heterocycles. The summed E-state index contributed by atoms with van der Waals surface area (Å²) < 4.78 is 5.18. The van der Waals surface area contributed by atoms with Crippen molar-refractivity contribution >= 4 is 11.8 Å². The summed E-state index contributed by atoms with van der Waals surface area (Å²) in [6.45, 7) is 0. The smallest absolute Gasteiger partial charge is 0.180 e. The van der Waals surface area contributed by atoms with Crippen molar-refractivity contribution in [1.29, 1.82) is 0 Å². The Balaban J connectivity index is 2.10. The van der Waals surface area contributed by atoms with E-state index in [0.717, 1.165) is 12.8 Å². The van der Waals surface area contributed by atoms with Gasteiger partial charge in [-0.15, -0.1) is 0 Å². The van der Waals surface area contributed by atoms with Crippen molar-refractivity contribution in [3.63, 3.8) is 0 Å². The Bertz CT molecular complexity index is 222. The van der Waals surface area contributed by atoms with Crippen LogP contribution in [-0.2, 0) is 4.74 Å². The van der Waals surface area contributed by atoms with Gasteiger partial charge < -0.3 is 10.1 Å². The number of rotatable bonds is 1. The van der Waals surface area contributed by atoms with Crippen molar-refractivity contribution in [3.8, 4) is 0 Å². The molecular weight excluding hydrogens is 158 g/mol. The molecule has 2 nitrogen and oxygen atoms in total. The van der Waals surface area contributed by atoms with E-state index < -0.39 is 0 Å². The Morgan fingerprint density at radius 3 is 3.36 bits per heavy atom. The monoisotopic (exact) mass is 169 g/mol. The van der Waals surface area contributed by atoms with Crippen LogP contribution in [0, 0.1) is 0 Å². The predicted molar refractivity (Wildman–Crippen MR) is 46.9 cm³/mol. The first-order valence-electron chi connectivity index (χ1n) is 3.76. The molecule has 0 bridgehead atoms. The summed E-state index contributed by atoms with van der Waals surface area (Å²) in [4.78, 5) is 1.35. The van der Waals surface area contributed by atoms with Crippen LogP contribution in [0.4, 0.5) is 0 Å². The number of nitrogens with one attached hydrogen (secondary N) is 1. The van der Waals surface area contributed by atoms with Gasteiger partial charge in [0.25, 0.3) is 0 Å². The number of hydrogen-bond donors (Lipinski definition) is 1. The van der Waals surface area contributed by atoms with Crippen LogP contribution in [0.15, 0.2) is 22.8 Å². The van der Waals surface area contributed by atoms with Gasteiger partial charge in [-0.2, -0.15) is 0 Å². The summed E-state index contributed by atoms with van der Waals surface area (Å²) in [6.07, 6.45) is 6.68. The highest BCUT2D eigenvalue weighted by molar-refractivity contribution is 8.03. The molecular formula is C8H11NOS. The van der Waals surface area contributed by atoms with Crippen molar-refractivity contribution < 1.29 is 4.74 Å². The molecule has 0 aromatic heterocycles. The molecule has 60 valence electrons. The van der Waals surface area contributed by atoms with Gasteiger partial charge in [0.15, 0.2) is 5.56 Å². The Hall–Kier alpha value is -0.410. The second-order valence-corrected chi connectivity index (χ2v) is 3.72. The van der Waals surface area contributed by atoms with Crippen LogP contribution in [0.5, 0.6) is 0 Å². The lowest BCUT2D eigenvalue weighted by Gasteiger charge is -2.09. The molecule has 0 spiro atoms. The van der Waals surface area contributed by atoms with E-state index in [-0.39, 0.29) is 5.56 Å². The van der Waals surface area contributed by atoms with E-state index >= 15 is 0 Å². The third kappa shape index (κ3) is 1.30. The van der Waals surface area contributed by atoms with Crippen molar-refractivity contribution in [2.75, 3.05) is 7.11 Å². The molecule has 2 rings (SSSR count). The normalized spacial score (nSPS) is 28.6. The highest BCUT2D eigenvalue weighted by Gasteiger charge is 2.22. The first kappa shape index (κ1) is 7.25. The number of hydrogen-bond acceptors (Lipinski definition) is 3. The summed E-state index contributed by atoms with van der Waals surface area (Å²) in [5, 5.41) is 3.31. The maximum Gasteiger partial charge on any atom is 0.180 e. The topological polar surface area (TPSA) is 21.3 Å². The Morgan fingerprint density at radius 2 is 2.64 bits per heavy atom. The third-order valence-corrected chi connectivity index (χ3v) is 3.03. The van der Waals surface area contributed by atoms with Gasteiger partial charge in [0.05, 0.1) is 0 Å². The van der Waals surface area contributed by atoms with E-state index in [1.165, 1.54) is 10.6 Å². The average Bonchev–Trinajstić information content (AvgIpc) is 2.46. The van der Waals surface area contributed by atoms with Crippen molar-refractivity contribution in [2.24, 2.45) is 0 Å². The highest BCUT2D eigenvalue weighted by Crippen LogP contribution is 2.35. The number of methoxy groups -OCH3 is 1. The van der Waals surface area contributed by atoms with Crippen LogP contribution in [0.25, 0.3) is 0 Å². The maximum atomic E-state index is 5.18. The quantitative estimate of drug-likeness (QED) is 0.647. The molecule has 11 heavy (non-hydrogen) atoms. The summed E-state index contributed by atoms with van der Waals surface area (Å²) in [5.41, 5.74) is 1.49. The Kier molecular flexibility index (Phi) is 1.92. The second kappa shape index (κ2) is 2.91. The van der Waals surface area contributed by atoms with E-state index in [2.05, 4.69) is 17.5 Å². The molecule has 0 aromatic carbocycles. The molecule has 0 radical (unpaired) electrons. The van der Waals surface area contributed by atoms with E-state index in [4.69, 9.17) is 4.74 Å². The minimum atomic E-state index is 0.141. The van der Waals surface area contributed by atoms with E-state index in [1.807, 2.05) is 0 Å². The van der Waals surface area contributed by atoms with E-state index in [0.29, 0.717) is 0 Å². The predicted octanol–water partition coefficient (Wildman–Crippen LogP) is 1.81. The van der Waals surface area contributed by atoms with Gasteiger partial charge in [0, 0.05) is 17.7 Å². The Morgan fingerprint density at radius 1 is 1.73 bits per heavy atom. The summed E-state index contributed by atoms with van der Waals surface area (Å²) in [6, 6.07) is 0. The number of thioether (sulfide) groups is 1. The zero-order valence-corrected chi connectivity index (χ0v) is 7.28. The number of allylic oxidation sites excluding steroid dienone is 3. The minimum absolute atomic E-state index is 0.141. The summed E-state index contributed by atoms with van der Waals surface area (Å²) >= 11 is 1.75. The van der Waals surface area contributed by atoms with Crippen LogP contribution < -0.4 is 5.32 Å². The molecule has 1 unspecified atom stereocenters. The SMILES string of the molecule is COC1NC2=C(C=CCC2)S1. The van der Waals surface area contributed by atoms with Gasteiger partial charge in [-0.05, 0) is 12.8 Å². The molecule has 0 aromatic rings. The van der Waals surface area contributed by atoms with Crippen molar-refractivity contribution in [2.45, 2.75) is 18.4 Å². The second-order valence-electron chi connectivity index (χ2n) is 2.61. The van der Waals surface area contributed by atoms with Crippen molar-refractivity contribution in [3.05, 3.63) is 22.8 Å². The fourth-order valence-electron chi connectivity index (χ4n) is 1.29. The van der Waals surface area contributed by atoms with Gasteiger partial charge in [-0.1, -0.05) is 23.9 Å². The first-order valence-corrected chi connectivity index (χ1v) is 4.64. The minimum Gasteiger partial charge on any atom is -0.354 e. The summed E-state index contributed by atoms with van der Waals surface area (Å²) in [5.74, 6) is 0. The first-order chi connectivity index (χ1) is 5.40. The van der Waals surface area contributed by atoms with E-state index in [9.17, 15) is 0 Å². The molecule has 0 amide bonds.